The van der Waals surface area contributed by atoms with Gasteiger partial charge in [0.1, 0.15) is 12.4 Å². The Hall–Kier alpha value is -2.30. The number of nitrogens with zero attached hydrogens (tertiary/aromatic N) is 3. The molecule has 0 spiro atoms. The van der Waals surface area contributed by atoms with Crippen molar-refractivity contribution >= 4 is 5.71 Å². The van der Waals surface area contributed by atoms with Gasteiger partial charge >= 0.3 is 0 Å². The lowest BCUT2D eigenvalue weighted by atomic mass is 9.90. The highest BCUT2D eigenvalue weighted by Crippen LogP contribution is 2.26. The molecule has 1 aliphatic rings. The van der Waals surface area contributed by atoms with Crippen LogP contribution >= 0.6 is 0 Å². The third-order valence-electron chi connectivity index (χ3n) is 3.53. The molecule has 0 N–H and O–H groups in total. The molecule has 1 aliphatic carbocycles. The van der Waals surface area contributed by atoms with Gasteiger partial charge in [-0.2, -0.15) is 0 Å². The van der Waals surface area contributed by atoms with Crippen molar-refractivity contribution in [1.29, 1.82) is 0 Å². The molecule has 1 aromatic heterocycles. The van der Waals surface area contributed by atoms with Crippen molar-refractivity contribution in [2.45, 2.75) is 25.8 Å². The Bertz CT molecular complexity index is 606. The predicted octanol–water partition coefficient (Wildman–Crippen LogP) is 2.43. The average Bonchev–Trinajstić information content (AvgIpc) is 2.99. The first-order chi connectivity index (χ1) is 9.86. The van der Waals surface area contributed by atoms with Crippen LogP contribution in [-0.4, -0.2) is 21.9 Å². The van der Waals surface area contributed by atoms with Crippen LogP contribution in [0.4, 0.5) is 0 Å². The van der Waals surface area contributed by atoms with E-state index in [4.69, 9.17) is 4.74 Å². The summed E-state index contributed by atoms with van der Waals surface area (Å²) in [6.45, 7) is 1.36. The fraction of sp³-hybridized carbons (Fsp3) is 0.333. The molecule has 0 unspecified atom stereocenters. The molecule has 2 aromatic rings. The average molecular weight is 270 g/mol. The van der Waals surface area contributed by atoms with Crippen molar-refractivity contribution in [2.24, 2.45) is 5.16 Å². The minimum atomic E-state index is 0.595. The topological polar surface area (TPSA) is 59.3 Å². The van der Waals surface area contributed by atoms with Gasteiger partial charge in [-0.1, -0.05) is 0 Å². The van der Waals surface area contributed by atoms with Crippen LogP contribution in [0.5, 0.6) is 5.75 Å². The summed E-state index contributed by atoms with van der Waals surface area (Å²) in [6.07, 6.45) is 8.17. The number of rotatable bonds is 4. The standard InChI is InChI=1S/C15H16N3O2/c19-17-15-3-1-2-12-10-13(4-5-14(12)15)20-9-8-18-7-6-16-11-18/h4-7,10-11H,1-3,8-9H2. The maximum Gasteiger partial charge on any atom is 0.119 e. The van der Waals surface area contributed by atoms with Crippen molar-refractivity contribution in [3.05, 3.63) is 48.0 Å². The molecule has 3 rings (SSSR count). The highest BCUT2D eigenvalue weighted by Gasteiger charge is 2.16. The summed E-state index contributed by atoms with van der Waals surface area (Å²) in [5.74, 6) is 0.844. The Kier molecular flexibility index (Phi) is 3.67. The van der Waals surface area contributed by atoms with Crippen molar-refractivity contribution in [2.75, 3.05) is 6.61 Å². The second kappa shape index (κ2) is 5.77. The Morgan fingerprint density at radius 2 is 2.30 bits per heavy atom. The molecule has 0 aliphatic heterocycles. The number of benzene rings is 1. The van der Waals surface area contributed by atoms with Crippen molar-refractivity contribution in [3.8, 4) is 5.75 Å². The normalized spacial score (nSPS) is 16.1. The Morgan fingerprint density at radius 1 is 1.35 bits per heavy atom. The molecule has 103 valence electrons. The van der Waals surface area contributed by atoms with Gasteiger partial charge in [0.25, 0.3) is 0 Å². The van der Waals surface area contributed by atoms with Crippen LogP contribution in [0.25, 0.3) is 0 Å². The maximum absolute atomic E-state index is 10.8. The van der Waals surface area contributed by atoms with Crippen LogP contribution in [-0.2, 0) is 18.2 Å². The second-order valence-corrected chi connectivity index (χ2v) is 4.86. The number of aryl methyl sites for hydroxylation is 1. The Balaban J connectivity index is 1.66. The summed E-state index contributed by atoms with van der Waals surface area (Å²) in [5.41, 5.74) is 2.80. The lowest BCUT2D eigenvalue weighted by Crippen LogP contribution is -2.12. The molecule has 0 atom stereocenters. The molecule has 0 saturated carbocycles. The minimum absolute atomic E-state index is 0.595. The first-order valence-electron chi connectivity index (χ1n) is 6.78. The van der Waals surface area contributed by atoms with E-state index in [9.17, 15) is 5.21 Å². The third kappa shape index (κ3) is 2.66. The van der Waals surface area contributed by atoms with Gasteiger partial charge in [-0.25, -0.2) is 4.98 Å². The quantitative estimate of drug-likeness (QED) is 0.801. The second-order valence-electron chi connectivity index (χ2n) is 4.86. The number of hydrogen-bond acceptors (Lipinski definition) is 3. The van der Waals surface area contributed by atoms with E-state index >= 15 is 0 Å². The van der Waals surface area contributed by atoms with Gasteiger partial charge in [0, 0.05) is 18.0 Å². The number of imidazole rings is 1. The molecule has 5 heteroatoms. The summed E-state index contributed by atoms with van der Waals surface area (Å²) < 4.78 is 7.72. The van der Waals surface area contributed by atoms with E-state index in [-0.39, 0.29) is 0 Å². The van der Waals surface area contributed by atoms with E-state index in [0.717, 1.165) is 42.7 Å². The van der Waals surface area contributed by atoms with E-state index in [0.29, 0.717) is 12.3 Å². The van der Waals surface area contributed by atoms with E-state index in [1.807, 2.05) is 29.0 Å². The van der Waals surface area contributed by atoms with Gasteiger partial charge < -0.3 is 9.30 Å². The zero-order valence-electron chi connectivity index (χ0n) is 11.2. The van der Waals surface area contributed by atoms with E-state index in [2.05, 4.69) is 10.1 Å². The highest BCUT2D eigenvalue weighted by atomic mass is 16.5. The smallest absolute Gasteiger partial charge is 0.119 e. The monoisotopic (exact) mass is 270 g/mol. The molecule has 0 saturated heterocycles. The summed E-state index contributed by atoms with van der Waals surface area (Å²) in [4.78, 5) is 3.99. The minimum Gasteiger partial charge on any atom is -0.492 e. The van der Waals surface area contributed by atoms with Gasteiger partial charge in [0.05, 0.1) is 18.6 Å². The molecular formula is C15H16N3O2. The van der Waals surface area contributed by atoms with Gasteiger partial charge in [-0.3, -0.25) is 0 Å². The van der Waals surface area contributed by atoms with E-state index < -0.39 is 0 Å². The first-order valence-corrected chi connectivity index (χ1v) is 6.78. The molecule has 20 heavy (non-hydrogen) atoms. The summed E-state index contributed by atoms with van der Waals surface area (Å²) in [5, 5.41) is 13.9. The molecule has 0 bridgehead atoms. The summed E-state index contributed by atoms with van der Waals surface area (Å²) in [7, 11) is 0. The van der Waals surface area contributed by atoms with E-state index in [1.54, 1.807) is 12.5 Å². The third-order valence-corrected chi connectivity index (χ3v) is 3.53. The molecule has 1 aromatic carbocycles. The predicted molar refractivity (Wildman–Crippen MR) is 74.3 cm³/mol. The zero-order chi connectivity index (χ0) is 13.8. The highest BCUT2D eigenvalue weighted by molar-refractivity contribution is 6.02. The zero-order valence-corrected chi connectivity index (χ0v) is 11.2. The fourth-order valence-electron chi connectivity index (χ4n) is 2.51. The van der Waals surface area contributed by atoms with Crippen molar-refractivity contribution in [1.82, 2.24) is 9.55 Å². The summed E-state index contributed by atoms with van der Waals surface area (Å²) in [6, 6.07) is 5.87. The van der Waals surface area contributed by atoms with Gasteiger partial charge in [0.15, 0.2) is 0 Å². The molecule has 5 nitrogen and oxygen atoms in total. The number of aromatic nitrogens is 2. The lowest BCUT2D eigenvalue weighted by Gasteiger charge is -2.17. The van der Waals surface area contributed by atoms with Crippen molar-refractivity contribution in [3.63, 3.8) is 0 Å². The van der Waals surface area contributed by atoms with Crippen LogP contribution in [0.1, 0.15) is 24.0 Å². The molecule has 1 heterocycles. The lowest BCUT2D eigenvalue weighted by molar-refractivity contribution is 0.208. The first kappa shape index (κ1) is 12.7. The Morgan fingerprint density at radius 3 is 3.10 bits per heavy atom. The number of hydrogen-bond donors (Lipinski definition) is 0. The van der Waals surface area contributed by atoms with Crippen LogP contribution in [0.2, 0.25) is 0 Å². The van der Waals surface area contributed by atoms with Crippen LogP contribution in [0.15, 0.2) is 42.1 Å². The van der Waals surface area contributed by atoms with Gasteiger partial charge in [-0.15, -0.1) is 5.21 Å². The number of ether oxygens (including phenoxy) is 1. The van der Waals surface area contributed by atoms with Crippen LogP contribution in [0, 0.1) is 0 Å². The summed E-state index contributed by atoms with van der Waals surface area (Å²) >= 11 is 0. The van der Waals surface area contributed by atoms with Crippen LogP contribution in [0.3, 0.4) is 0 Å². The fourth-order valence-corrected chi connectivity index (χ4v) is 2.51. The van der Waals surface area contributed by atoms with Crippen LogP contribution < -0.4 is 4.74 Å². The van der Waals surface area contributed by atoms with Crippen molar-refractivity contribution < 1.29 is 9.94 Å². The van der Waals surface area contributed by atoms with Gasteiger partial charge in [0.2, 0.25) is 0 Å². The molecule has 0 fully saturated rings. The largest absolute Gasteiger partial charge is 0.492 e. The van der Waals surface area contributed by atoms with E-state index in [1.165, 1.54) is 0 Å². The Labute approximate surface area is 117 Å². The maximum atomic E-state index is 10.8. The SMILES string of the molecule is [O]N=C1CCCc2cc(OCCn3ccnc3)ccc21. The molecular weight excluding hydrogens is 254 g/mol. The van der Waals surface area contributed by atoms with Gasteiger partial charge in [-0.05, 0) is 48.2 Å². The molecule has 1 radical (unpaired) electrons. The number of fused-ring (bicyclic) bond motifs is 1. The molecule has 0 amide bonds.